The van der Waals surface area contributed by atoms with Gasteiger partial charge in [-0.05, 0) is 24.0 Å². The highest BCUT2D eigenvalue weighted by Crippen LogP contribution is 2.06. The number of rotatable bonds is 7. The number of carboxylic acids is 1. The highest BCUT2D eigenvalue weighted by atomic mass is 16.4. The van der Waals surface area contributed by atoms with Gasteiger partial charge in [0, 0.05) is 6.54 Å². The van der Waals surface area contributed by atoms with E-state index in [0.717, 1.165) is 18.4 Å². The van der Waals surface area contributed by atoms with Crippen LogP contribution in [0, 0.1) is 0 Å². The third-order valence-electron chi connectivity index (χ3n) is 2.86. The number of hydrogen-bond acceptors (Lipinski definition) is 2. The van der Waals surface area contributed by atoms with Gasteiger partial charge in [0.1, 0.15) is 6.04 Å². The zero-order valence-corrected chi connectivity index (χ0v) is 10.6. The molecule has 1 atom stereocenters. The van der Waals surface area contributed by atoms with E-state index in [1.165, 1.54) is 5.56 Å². The SMILES string of the molecule is CCCC(NCc1ccc(CC)cc1)C(=O)O. The zero-order valence-electron chi connectivity index (χ0n) is 10.6. The molecule has 0 amide bonds. The molecule has 94 valence electrons. The van der Waals surface area contributed by atoms with Crippen molar-refractivity contribution < 1.29 is 9.90 Å². The van der Waals surface area contributed by atoms with E-state index in [0.29, 0.717) is 13.0 Å². The van der Waals surface area contributed by atoms with Crippen LogP contribution in [-0.4, -0.2) is 17.1 Å². The highest BCUT2D eigenvalue weighted by Gasteiger charge is 2.14. The molecule has 0 aliphatic carbocycles. The fourth-order valence-electron chi connectivity index (χ4n) is 1.74. The first kappa shape index (κ1) is 13.7. The predicted molar refractivity (Wildman–Crippen MR) is 69.0 cm³/mol. The number of carboxylic acid groups (broad SMARTS) is 1. The first-order valence-corrected chi connectivity index (χ1v) is 6.21. The van der Waals surface area contributed by atoms with E-state index < -0.39 is 12.0 Å². The van der Waals surface area contributed by atoms with Gasteiger partial charge in [0.05, 0.1) is 0 Å². The number of carbonyl (C=O) groups is 1. The average molecular weight is 235 g/mol. The molecule has 1 aromatic rings. The average Bonchev–Trinajstić information content (AvgIpc) is 2.34. The predicted octanol–water partition coefficient (Wildman–Crippen LogP) is 2.59. The first-order chi connectivity index (χ1) is 8.17. The second-order valence-corrected chi connectivity index (χ2v) is 4.23. The maximum absolute atomic E-state index is 10.9. The number of nitrogens with one attached hydrogen (secondary N) is 1. The Kier molecular flexibility index (Phi) is 5.70. The molecule has 0 spiro atoms. The van der Waals surface area contributed by atoms with Gasteiger partial charge >= 0.3 is 5.97 Å². The van der Waals surface area contributed by atoms with E-state index in [-0.39, 0.29) is 0 Å². The van der Waals surface area contributed by atoms with Gasteiger partial charge in [0.25, 0.3) is 0 Å². The summed E-state index contributed by atoms with van der Waals surface area (Å²) in [7, 11) is 0. The first-order valence-electron chi connectivity index (χ1n) is 6.21. The quantitative estimate of drug-likeness (QED) is 0.763. The molecule has 0 saturated carbocycles. The molecule has 0 saturated heterocycles. The minimum atomic E-state index is -0.767. The maximum atomic E-state index is 10.9. The summed E-state index contributed by atoms with van der Waals surface area (Å²) in [6, 6.07) is 7.85. The minimum Gasteiger partial charge on any atom is -0.480 e. The summed E-state index contributed by atoms with van der Waals surface area (Å²) < 4.78 is 0. The molecule has 3 nitrogen and oxygen atoms in total. The van der Waals surface area contributed by atoms with E-state index >= 15 is 0 Å². The van der Waals surface area contributed by atoms with Gasteiger partial charge in [-0.1, -0.05) is 44.5 Å². The summed E-state index contributed by atoms with van der Waals surface area (Å²) in [6.07, 6.45) is 2.57. The lowest BCUT2D eigenvalue weighted by molar-refractivity contribution is -0.139. The molecule has 17 heavy (non-hydrogen) atoms. The molecule has 0 aliphatic rings. The summed E-state index contributed by atoms with van der Waals surface area (Å²) >= 11 is 0. The lowest BCUT2D eigenvalue weighted by Crippen LogP contribution is -2.35. The Morgan fingerprint density at radius 3 is 2.29 bits per heavy atom. The van der Waals surface area contributed by atoms with Crippen LogP contribution in [0.1, 0.15) is 37.8 Å². The molecular formula is C14H21NO2. The number of benzene rings is 1. The van der Waals surface area contributed by atoms with Crippen molar-refractivity contribution in [1.29, 1.82) is 0 Å². The summed E-state index contributed by atoms with van der Waals surface area (Å²) in [5.41, 5.74) is 2.43. The Bertz CT molecular complexity index is 346. The molecule has 0 aliphatic heterocycles. The van der Waals surface area contributed by atoms with Crippen LogP contribution in [0.5, 0.6) is 0 Å². The van der Waals surface area contributed by atoms with Crippen LogP contribution < -0.4 is 5.32 Å². The molecule has 0 heterocycles. The van der Waals surface area contributed by atoms with Crippen molar-refractivity contribution in [2.75, 3.05) is 0 Å². The molecule has 0 bridgehead atoms. The van der Waals surface area contributed by atoms with Crippen molar-refractivity contribution in [1.82, 2.24) is 5.32 Å². The van der Waals surface area contributed by atoms with E-state index in [1.54, 1.807) is 0 Å². The number of hydrogen-bond donors (Lipinski definition) is 2. The van der Waals surface area contributed by atoms with Crippen LogP contribution in [0.4, 0.5) is 0 Å². The Morgan fingerprint density at radius 2 is 1.82 bits per heavy atom. The van der Waals surface area contributed by atoms with Gasteiger partial charge in [-0.25, -0.2) is 0 Å². The van der Waals surface area contributed by atoms with Crippen LogP contribution in [-0.2, 0) is 17.8 Å². The van der Waals surface area contributed by atoms with Gasteiger partial charge in [-0.15, -0.1) is 0 Å². The van der Waals surface area contributed by atoms with E-state index in [1.807, 2.05) is 6.92 Å². The zero-order chi connectivity index (χ0) is 12.7. The minimum absolute atomic E-state index is 0.439. The van der Waals surface area contributed by atoms with E-state index in [4.69, 9.17) is 5.11 Å². The monoisotopic (exact) mass is 235 g/mol. The van der Waals surface area contributed by atoms with Crippen molar-refractivity contribution in [3.8, 4) is 0 Å². The number of aryl methyl sites for hydroxylation is 1. The van der Waals surface area contributed by atoms with Gasteiger partial charge in [-0.2, -0.15) is 0 Å². The van der Waals surface area contributed by atoms with E-state index in [2.05, 4.69) is 36.5 Å². The van der Waals surface area contributed by atoms with Gasteiger partial charge in [-0.3, -0.25) is 4.79 Å². The third-order valence-corrected chi connectivity index (χ3v) is 2.86. The molecule has 1 aromatic carbocycles. The van der Waals surface area contributed by atoms with Gasteiger partial charge in [0.15, 0.2) is 0 Å². The number of aliphatic carboxylic acids is 1. The van der Waals surface area contributed by atoms with E-state index in [9.17, 15) is 4.79 Å². The third kappa shape index (κ3) is 4.57. The van der Waals surface area contributed by atoms with Crippen molar-refractivity contribution in [2.45, 2.75) is 45.7 Å². The second-order valence-electron chi connectivity index (χ2n) is 4.23. The van der Waals surface area contributed by atoms with Crippen LogP contribution in [0.15, 0.2) is 24.3 Å². The van der Waals surface area contributed by atoms with Gasteiger partial charge in [0.2, 0.25) is 0 Å². The second kappa shape index (κ2) is 7.07. The molecule has 0 fully saturated rings. The van der Waals surface area contributed by atoms with Crippen molar-refractivity contribution in [2.24, 2.45) is 0 Å². The summed E-state index contributed by atoms with van der Waals surface area (Å²) in [5, 5.41) is 12.1. The maximum Gasteiger partial charge on any atom is 0.320 e. The van der Waals surface area contributed by atoms with Crippen LogP contribution in [0.2, 0.25) is 0 Å². The summed E-state index contributed by atoms with van der Waals surface area (Å²) in [5.74, 6) is -0.767. The van der Waals surface area contributed by atoms with Gasteiger partial charge < -0.3 is 10.4 Å². The summed E-state index contributed by atoms with van der Waals surface area (Å²) in [4.78, 5) is 10.9. The largest absolute Gasteiger partial charge is 0.480 e. The molecule has 1 rings (SSSR count). The molecular weight excluding hydrogens is 214 g/mol. The Balaban J connectivity index is 2.50. The fraction of sp³-hybridized carbons (Fsp3) is 0.500. The smallest absolute Gasteiger partial charge is 0.320 e. The Labute approximate surface area is 103 Å². The Hall–Kier alpha value is -1.35. The summed E-state index contributed by atoms with van der Waals surface area (Å²) in [6.45, 7) is 4.73. The Morgan fingerprint density at radius 1 is 1.24 bits per heavy atom. The highest BCUT2D eigenvalue weighted by molar-refractivity contribution is 5.73. The van der Waals surface area contributed by atoms with Crippen molar-refractivity contribution >= 4 is 5.97 Å². The lowest BCUT2D eigenvalue weighted by atomic mass is 10.1. The van der Waals surface area contributed by atoms with Crippen LogP contribution in [0.25, 0.3) is 0 Å². The molecule has 2 N–H and O–H groups in total. The molecule has 3 heteroatoms. The van der Waals surface area contributed by atoms with Crippen molar-refractivity contribution in [3.05, 3.63) is 35.4 Å². The molecule has 0 aromatic heterocycles. The fourth-order valence-corrected chi connectivity index (χ4v) is 1.74. The van der Waals surface area contributed by atoms with Crippen molar-refractivity contribution in [3.63, 3.8) is 0 Å². The molecule has 1 unspecified atom stereocenters. The topological polar surface area (TPSA) is 49.3 Å². The van der Waals surface area contributed by atoms with Crippen LogP contribution >= 0.6 is 0 Å². The standard InChI is InChI=1S/C14H21NO2/c1-3-5-13(14(16)17)15-10-12-8-6-11(4-2)7-9-12/h6-9,13,15H,3-5,10H2,1-2H3,(H,16,17). The normalized spacial score (nSPS) is 12.4. The lowest BCUT2D eigenvalue weighted by Gasteiger charge is -2.13. The van der Waals surface area contributed by atoms with Crippen LogP contribution in [0.3, 0.4) is 0 Å². The molecule has 0 radical (unpaired) electrons.